The normalized spacial score (nSPS) is 19.6. The van der Waals surface area contributed by atoms with Crippen LogP contribution in [0.25, 0.3) is 21.1 Å². The summed E-state index contributed by atoms with van der Waals surface area (Å²) >= 11 is 1.06. The van der Waals surface area contributed by atoms with Crippen LogP contribution in [0.1, 0.15) is 41.5 Å². The number of anilines is 1. The number of hydrogen-bond donors (Lipinski definition) is 2. The predicted octanol–water partition coefficient (Wildman–Crippen LogP) is 4.87. The number of thiophene rings is 1. The molecule has 0 amide bonds. The average Bonchev–Trinajstić information content (AvgIpc) is 3.60. The smallest absolute Gasteiger partial charge is 0.367 e. The van der Waals surface area contributed by atoms with E-state index < -0.39 is 12.6 Å². The van der Waals surface area contributed by atoms with Gasteiger partial charge < -0.3 is 20.0 Å². The van der Waals surface area contributed by atoms with Gasteiger partial charge in [0.15, 0.2) is 0 Å². The molecule has 3 aromatic heterocycles. The van der Waals surface area contributed by atoms with Crippen LogP contribution in [-0.4, -0.2) is 87.6 Å². The Morgan fingerprint density at radius 3 is 2.73 bits per heavy atom. The van der Waals surface area contributed by atoms with Gasteiger partial charge in [-0.1, -0.05) is 6.07 Å². The molecule has 1 aromatic carbocycles. The zero-order valence-corrected chi connectivity index (χ0v) is 26.2. The number of piperazine rings is 1. The van der Waals surface area contributed by atoms with Crippen LogP contribution in [0.4, 0.5) is 19.0 Å². The Kier molecular flexibility index (Phi) is 9.10. The first-order chi connectivity index (χ1) is 21.6. The molecule has 45 heavy (non-hydrogen) atoms. The molecule has 2 N–H and O–H groups in total. The van der Waals surface area contributed by atoms with Crippen LogP contribution in [-0.2, 0) is 24.3 Å². The molecule has 0 aliphatic carbocycles. The lowest BCUT2D eigenvalue weighted by atomic mass is 10.0. The first kappa shape index (κ1) is 31.4. The Hall–Kier alpha value is -3.57. The first-order valence-corrected chi connectivity index (χ1v) is 16.2. The highest BCUT2D eigenvalue weighted by atomic mass is 32.1. The molecule has 2 saturated heterocycles. The number of carbonyl (C=O) groups is 1. The highest BCUT2D eigenvalue weighted by Crippen LogP contribution is 2.33. The summed E-state index contributed by atoms with van der Waals surface area (Å²) in [5, 5.41) is 18.4. The molecule has 4 aromatic rings. The van der Waals surface area contributed by atoms with Crippen molar-refractivity contribution in [1.82, 2.24) is 29.7 Å². The number of alkyl halides is 3. The molecule has 0 radical (unpaired) electrons. The van der Waals surface area contributed by atoms with Crippen molar-refractivity contribution in [2.75, 3.05) is 38.0 Å². The van der Waals surface area contributed by atoms with Crippen molar-refractivity contribution >= 4 is 44.6 Å². The summed E-state index contributed by atoms with van der Waals surface area (Å²) < 4.78 is 40.9. The van der Waals surface area contributed by atoms with Crippen molar-refractivity contribution in [2.45, 2.75) is 70.5 Å². The molecule has 2 atom stereocenters. The summed E-state index contributed by atoms with van der Waals surface area (Å²) in [6, 6.07) is 10.4. The van der Waals surface area contributed by atoms with Gasteiger partial charge in [-0.2, -0.15) is 18.4 Å². The first-order valence-electron chi connectivity index (χ1n) is 15.4. The number of nitriles is 1. The van der Waals surface area contributed by atoms with Crippen molar-refractivity contribution in [3.05, 3.63) is 52.3 Å². The number of rotatable bonds is 9. The summed E-state index contributed by atoms with van der Waals surface area (Å²) in [6.45, 7) is 9.80. The Morgan fingerprint density at radius 1 is 1.20 bits per heavy atom. The molecule has 9 nitrogen and oxygen atoms in total. The molecule has 2 aliphatic rings. The van der Waals surface area contributed by atoms with Crippen LogP contribution < -0.4 is 10.6 Å². The Balaban J connectivity index is 1.10. The number of carbonyl (C=O) groups excluding carboxylic acids is 1. The maximum atomic E-state index is 12.9. The molecule has 13 heteroatoms. The van der Waals surface area contributed by atoms with E-state index in [1.165, 1.54) is 17.5 Å². The number of piperidine rings is 1. The number of halogens is 3. The Labute approximate surface area is 264 Å². The Morgan fingerprint density at radius 2 is 2.00 bits per heavy atom. The molecule has 2 fully saturated rings. The van der Waals surface area contributed by atoms with Gasteiger partial charge >= 0.3 is 6.18 Å². The fourth-order valence-electron chi connectivity index (χ4n) is 6.63. The quantitative estimate of drug-likeness (QED) is 0.251. The zero-order valence-electron chi connectivity index (χ0n) is 25.4. The van der Waals surface area contributed by atoms with Crippen LogP contribution >= 0.6 is 11.3 Å². The van der Waals surface area contributed by atoms with Crippen molar-refractivity contribution in [2.24, 2.45) is 0 Å². The highest BCUT2D eigenvalue weighted by molar-refractivity contribution is 7.18. The van der Waals surface area contributed by atoms with Gasteiger partial charge in [0.25, 0.3) is 0 Å². The number of fused-ring (bicyclic) bond motifs is 2. The number of aldehydes is 1. The SMILES string of the molecule is Cc1c(CN2CCC(Nc3ncnc4sc(CC(F)(F)F)cc34)CC2)ccc2c1cc(C#N)n2CC(C)N1CCNC(C=O)C1. The number of nitrogens with one attached hydrogen (secondary N) is 2. The number of aromatic nitrogens is 3. The molecule has 0 saturated carbocycles. The third kappa shape index (κ3) is 6.99. The van der Waals surface area contributed by atoms with Crippen LogP contribution in [0.15, 0.2) is 30.6 Å². The summed E-state index contributed by atoms with van der Waals surface area (Å²) in [6.07, 6.45) is -1.07. The second kappa shape index (κ2) is 13.0. The van der Waals surface area contributed by atoms with Gasteiger partial charge in [0.1, 0.15) is 35.0 Å². The van der Waals surface area contributed by atoms with Crippen molar-refractivity contribution in [1.29, 1.82) is 5.26 Å². The van der Waals surface area contributed by atoms with Gasteiger partial charge in [-0.05, 0) is 56.0 Å². The number of hydrogen-bond acceptors (Lipinski definition) is 9. The largest absolute Gasteiger partial charge is 0.393 e. The second-order valence-electron chi connectivity index (χ2n) is 12.2. The van der Waals surface area contributed by atoms with Gasteiger partial charge in [0.2, 0.25) is 0 Å². The van der Waals surface area contributed by atoms with Gasteiger partial charge in [-0.15, -0.1) is 11.3 Å². The van der Waals surface area contributed by atoms with Crippen molar-refractivity contribution in [3.8, 4) is 6.07 Å². The van der Waals surface area contributed by atoms with E-state index in [4.69, 9.17) is 0 Å². The molecule has 0 bridgehead atoms. The standard InChI is InChI=1S/C32H37F3N8OS/c1-20(42-10-7-37-24(17-42)18-44)15-43-25(14-36)11-27-21(2)22(3-4-29(27)43)16-41-8-5-23(6-9-41)40-30-28-12-26(13-32(33,34)35)45-31(28)39-19-38-30/h3-4,11-12,18-20,23-24,37H,5-10,13,15-17H2,1-2H3,(H,38,39,40). The van der Waals surface area contributed by atoms with Gasteiger partial charge in [-0.25, -0.2) is 9.97 Å². The van der Waals surface area contributed by atoms with Crippen LogP contribution in [0, 0.1) is 18.3 Å². The maximum Gasteiger partial charge on any atom is 0.393 e. The molecular weight excluding hydrogens is 601 g/mol. The van der Waals surface area contributed by atoms with Crippen molar-refractivity contribution < 1.29 is 18.0 Å². The summed E-state index contributed by atoms with van der Waals surface area (Å²) in [5.74, 6) is 0.594. The molecule has 6 rings (SSSR count). The summed E-state index contributed by atoms with van der Waals surface area (Å²) in [4.78, 5) is 25.4. The minimum atomic E-state index is -4.26. The highest BCUT2D eigenvalue weighted by Gasteiger charge is 2.30. The molecular formula is C32H37F3N8OS. The van der Waals surface area contributed by atoms with E-state index >= 15 is 0 Å². The lowest BCUT2D eigenvalue weighted by Gasteiger charge is -2.36. The van der Waals surface area contributed by atoms with E-state index in [9.17, 15) is 23.2 Å². The monoisotopic (exact) mass is 638 g/mol. The molecule has 0 spiro atoms. The van der Waals surface area contributed by atoms with E-state index in [1.54, 1.807) is 6.07 Å². The third-order valence-electron chi connectivity index (χ3n) is 9.13. The van der Waals surface area contributed by atoms with Gasteiger partial charge in [-0.3, -0.25) is 9.80 Å². The third-order valence-corrected chi connectivity index (χ3v) is 10.2. The van der Waals surface area contributed by atoms with Crippen LogP contribution in [0.5, 0.6) is 0 Å². The number of aryl methyl sites for hydroxylation is 1. The number of likely N-dealkylation sites (tertiary alicyclic amines) is 1. The van der Waals surface area contributed by atoms with E-state index in [1.807, 2.05) is 6.07 Å². The topological polar surface area (TPSA) is 102 Å². The average molecular weight is 639 g/mol. The molecule has 238 valence electrons. The fourth-order valence-corrected chi connectivity index (χ4v) is 7.66. The maximum absolute atomic E-state index is 12.9. The number of nitrogens with zero attached hydrogens (tertiary/aromatic N) is 6. The van der Waals surface area contributed by atoms with E-state index in [2.05, 4.69) is 67.0 Å². The fraction of sp³-hybridized carbons (Fsp3) is 0.500. The molecule has 5 heterocycles. The summed E-state index contributed by atoms with van der Waals surface area (Å²) in [7, 11) is 0. The molecule has 2 aliphatic heterocycles. The minimum absolute atomic E-state index is 0.159. The zero-order chi connectivity index (χ0) is 31.7. The van der Waals surface area contributed by atoms with Gasteiger partial charge in [0, 0.05) is 73.7 Å². The van der Waals surface area contributed by atoms with Gasteiger partial charge in [0.05, 0.1) is 17.8 Å². The Bertz CT molecular complexity index is 1720. The lowest BCUT2D eigenvalue weighted by Crippen LogP contribution is -2.54. The van der Waals surface area contributed by atoms with E-state index in [-0.39, 0.29) is 23.0 Å². The van der Waals surface area contributed by atoms with E-state index in [0.717, 1.165) is 74.1 Å². The van der Waals surface area contributed by atoms with Crippen molar-refractivity contribution in [3.63, 3.8) is 0 Å². The molecule has 2 unspecified atom stereocenters. The number of benzene rings is 1. The minimum Gasteiger partial charge on any atom is -0.367 e. The summed E-state index contributed by atoms with van der Waals surface area (Å²) in [5.41, 5.74) is 4.09. The van der Waals surface area contributed by atoms with E-state index in [0.29, 0.717) is 34.8 Å². The second-order valence-corrected chi connectivity index (χ2v) is 13.3. The van der Waals surface area contributed by atoms with Crippen LogP contribution in [0.3, 0.4) is 0 Å². The van der Waals surface area contributed by atoms with Crippen LogP contribution in [0.2, 0.25) is 0 Å². The lowest BCUT2D eigenvalue weighted by molar-refractivity contribution is -0.126. The predicted molar refractivity (Wildman–Crippen MR) is 169 cm³/mol.